The Balaban J connectivity index is 1.76. The van der Waals surface area contributed by atoms with Crippen LogP contribution >= 0.6 is 0 Å². The molecule has 1 aliphatic rings. The van der Waals surface area contributed by atoms with Gasteiger partial charge in [0.25, 0.3) is 0 Å². The summed E-state index contributed by atoms with van der Waals surface area (Å²) in [5.74, 6) is -0.0730. The minimum absolute atomic E-state index is 0.0730. The maximum atomic E-state index is 11.4. The number of epoxide rings is 1. The third-order valence-corrected chi connectivity index (χ3v) is 4.16. The number of carbonyl (C=O) groups is 1. The zero-order valence-electron chi connectivity index (χ0n) is 15.5. The van der Waals surface area contributed by atoms with Crippen LogP contribution < -0.4 is 0 Å². The number of hydrogen-bond donors (Lipinski definition) is 0. The Morgan fingerprint density at radius 2 is 1.58 bits per heavy atom. The van der Waals surface area contributed by atoms with Crippen LogP contribution in [-0.4, -0.2) is 25.3 Å². The minimum atomic E-state index is -0.0730. The van der Waals surface area contributed by atoms with Gasteiger partial charge in [0, 0.05) is 6.42 Å². The number of hydrogen-bond acceptors (Lipinski definition) is 3. The molecule has 0 unspecified atom stereocenters. The Bertz CT molecular complexity index is 356. The van der Waals surface area contributed by atoms with E-state index in [1.165, 1.54) is 51.4 Å². The van der Waals surface area contributed by atoms with Gasteiger partial charge in [0.1, 0.15) is 12.7 Å². The van der Waals surface area contributed by atoms with E-state index in [0.29, 0.717) is 13.0 Å². The standard InChI is InChI=1S/C21H36O3/c1-2-3-4-5-6-7-8-9-10-11-12-13-14-15-16-17-21(22)24-19-20-18-23-20/h6-7,9-10,20H,2-5,8,11-19H2,1H3/b7-6+,10-9+/t20-/m1/s1. The van der Waals surface area contributed by atoms with Gasteiger partial charge in [0.2, 0.25) is 0 Å². The van der Waals surface area contributed by atoms with Crippen LogP contribution in [0.1, 0.15) is 84.0 Å². The topological polar surface area (TPSA) is 38.8 Å². The smallest absolute Gasteiger partial charge is 0.305 e. The Hall–Kier alpha value is -1.09. The average molecular weight is 337 g/mol. The van der Waals surface area contributed by atoms with Gasteiger partial charge in [0.05, 0.1) is 6.61 Å². The molecule has 3 nitrogen and oxygen atoms in total. The van der Waals surface area contributed by atoms with Gasteiger partial charge < -0.3 is 9.47 Å². The molecule has 1 heterocycles. The molecule has 3 heteroatoms. The molecule has 0 aliphatic carbocycles. The third-order valence-electron chi connectivity index (χ3n) is 4.16. The maximum Gasteiger partial charge on any atom is 0.305 e. The van der Waals surface area contributed by atoms with Gasteiger partial charge >= 0.3 is 5.97 Å². The zero-order valence-corrected chi connectivity index (χ0v) is 15.5. The minimum Gasteiger partial charge on any atom is -0.463 e. The molecule has 138 valence electrons. The number of allylic oxidation sites excluding steroid dienone is 4. The highest BCUT2D eigenvalue weighted by Crippen LogP contribution is 2.11. The SMILES string of the molecule is CCCCC/C=C/C/C=C/CCCCCCCC(=O)OC[C@H]1CO1. The van der Waals surface area contributed by atoms with Crippen molar-refractivity contribution in [1.29, 1.82) is 0 Å². The van der Waals surface area contributed by atoms with Crippen LogP contribution in [0.4, 0.5) is 0 Å². The normalized spacial score (nSPS) is 17.0. The first-order valence-electron chi connectivity index (χ1n) is 9.90. The fourth-order valence-electron chi connectivity index (χ4n) is 2.50. The van der Waals surface area contributed by atoms with Gasteiger partial charge in [-0.25, -0.2) is 0 Å². The van der Waals surface area contributed by atoms with Crippen LogP contribution in [0.5, 0.6) is 0 Å². The lowest BCUT2D eigenvalue weighted by Gasteiger charge is -2.02. The first-order chi connectivity index (χ1) is 11.8. The average Bonchev–Trinajstić information content (AvgIpc) is 3.41. The van der Waals surface area contributed by atoms with Gasteiger partial charge in [-0.15, -0.1) is 0 Å². The lowest BCUT2D eigenvalue weighted by molar-refractivity contribution is -0.144. The number of esters is 1. The summed E-state index contributed by atoms with van der Waals surface area (Å²) in [6.45, 7) is 3.43. The zero-order chi connectivity index (χ0) is 17.3. The molecule has 1 fully saturated rings. The van der Waals surface area contributed by atoms with E-state index in [1.54, 1.807) is 0 Å². The molecule has 1 aliphatic heterocycles. The Labute approximate surface area is 148 Å². The lowest BCUT2D eigenvalue weighted by atomic mass is 10.1. The van der Waals surface area contributed by atoms with E-state index >= 15 is 0 Å². The van der Waals surface area contributed by atoms with Crippen molar-refractivity contribution in [3.8, 4) is 0 Å². The maximum absolute atomic E-state index is 11.4. The second-order valence-corrected chi connectivity index (χ2v) is 6.62. The lowest BCUT2D eigenvalue weighted by Crippen LogP contribution is -2.09. The molecule has 24 heavy (non-hydrogen) atoms. The summed E-state index contributed by atoms with van der Waals surface area (Å²) in [7, 11) is 0. The summed E-state index contributed by atoms with van der Waals surface area (Å²) in [5.41, 5.74) is 0. The number of ether oxygens (including phenoxy) is 2. The largest absolute Gasteiger partial charge is 0.463 e. The number of carbonyl (C=O) groups excluding carboxylic acids is 1. The van der Waals surface area contributed by atoms with Crippen molar-refractivity contribution < 1.29 is 14.3 Å². The van der Waals surface area contributed by atoms with Crippen molar-refractivity contribution >= 4 is 5.97 Å². The molecular weight excluding hydrogens is 300 g/mol. The predicted molar refractivity (Wildman–Crippen MR) is 100 cm³/mol. The van der Waals surface area contributed by atoms with Crippen LogP contribution in [-0.2, 0) is 14.3 Å². The molecule has 0 saturated carbocycles. The second-order valence-electron chi connectivity index (χ2n) is 6.62. The molecule has 1 saturated heterocycles. The summed E-state index contributed by atoms with van der Waals surface area (Å²) >= 11 is 0. The van der Waals surface area contributed by atoms with Crippen molar-refractivity contribution in [3.05, 3.63) is 24.3 Å². The van der Waals surface area contributed by atoms with Gasteiger partial charge in [-0.2, -0.15) is 0 Å². The molecule has 0 spiro atoms. The first kappa shape index (κ1) is 21.0. The highest BCUT2D eigenvalue weighted by molar-refractivity contribution is 5.69. The molecule has 0 bridgehead atoms. The number of rotatable bonds is 16. The third kappa shape index (κ3) is 14.5. The molecule has 0 aromatic rings. The predicted octanol–water partition coefficient (Wildman–Crippen LogP) is 5.74. The van der Waals surface area contributed by atoms with Crippen LogP contribution in [0.25, 0.3) is 0 Å². The van der Waals surface area contributed by atoms with E-state index in [1.807, 2.05) is 0 Å². The van der Waals surface area contributed by atoms with Crippen molar-refractivity contribution in [2.24, 2.45) is 0 Å². The Morgan fingerprint density at radius 1 is 0.958 bits per heavy atom. The number of unbranched alkanes of at least 4 members (excludes halogenated alkanes) is 8. The van der Waals surface area contributed by atoms with Gasteiger partial charge in [-0.3, -0.25) is 4.79 Å². The molecule has 0 amide bonds. The second kappa shape index (κ2) is 15.4. The van der Waals surface area contributed by atoms with Crippen molar-refractivity contribution in [2.75, 3.05) is 13.2 Å². The molecule has 0 aromatic carbocycles. The first-order valence-corrected chi connectivity index (χ1v) is 9.90. The van der Waals surface area contributed by atoms with Crippen molar-refractivity contribution in [3.63, 3.8) is 0 Å². The summed E-state index contributed by atoms with van der Waals surface area (Å²) in [6.07, 6.45) is 23.1. The Morgan fingerprint density at radius 3 is 2.25 bits per heavy atom. The van der Waals surface area contributed by atoms with Gasteiger partial charge in [-0.05, 0) is 38.5 Å². The van der Waals surface area contributed by atoms with Crippen molar-refractivity contribution in [1.82, 2.24) is 0 Å². The Kier molecular flexibility index (Phi) is 13.5. The molecule has 0 aromatic heterocycles. The van der Waals surface area contributed by atoms with Crippen LogP contribution in [0.15, 0.2) is 24.3 Å². The van der Waals surface area contributed by atoms with E-state index in [9.17, 15) is 4.79 Å². The monoisotopic (exact) mass is 336 g/mol. The molecule has 0 N–H and O–H groups in total. The van der Waals surface area contributed by atoms with E-state index in [2.05, 4.69) is 31.2 Å². The highest BCUT2D eigenvalue weighted by Gasteiger charge is 2.23. The molecule has 0 radical (unpaired) electrons. The fourth-order valence-corrected chi connectivity index (χ4v) is 2.50. The van der Waals surface area contributed by atoms with E-state index in [-0.39, 0.29) is 12.1 Å². The summed E-state index contributed by atoms with van der Waals surface area (Å²) in [4.78, 5) is 11.4. The van der Waals surface area contributed by atoms with Crippen LogP contribution in [0, 0.1) is 0 Å². The van der Waals surface area contributed by atoms with E-state index in [0.717, 1.165) is 25.9 Å². The molecule has 1 rings (SSSR count). The summed E-state index contributed by atoms with van der Waals surface area (Å²) in [6, 6.07) is 0. The van der Waals surface area contributed by atoms with Crippen molar-refractivity contribution in [2.45, 2.75) is 90.1 Å². The quantitative estimate of drug-likeness (QED) is 0.156. The van der Waals surface area contributed by atoms with E-state index in [4.69, 9.17) is 9.47 Å². The molecule has 1 atom stereocenters. The summed E-state index contributed by atoms with van der Waals surface area (Å²) < 4.78 is 10.1. The molecular formula is C21H36O3. The van der Waals surface area contributed by atoms with Gasteiger partial charge in [-0.1, -0.05) is 63.3 Å². The summed E-state index contributed by atoms with van der Waals surface area (Å²) in [5, 5.41) is 0. The fraction of sp³-hybridized carbons (Fsp3) is 0.762. The van der Waals surface area contributed by atoms with Crippen LogP contribution in [0.2, 0.25) is 0 Å². The highest BCUT2D eigenvalue weighted by atomic mass is 16.6. The van der Waals surface area contributed by atoms with Crippen LogP contribution in [0.3, 0.4) is 0 Å². The van der Waals surface area contributed by atoms with Gasteiger partial charge in [0.15, 0.2) is 0 Å². The van der Waals surface area contributed by atoms with E-state index < -0.39 is 0 Å².